The molecular formula is C11H12BrN3O. The summed E-state index contributed by atoms with van der Waals surface area (Å²) in [6.45, 7) is 0.835. The van der Waals surface area contributed by atoms with Crippen molar-refractivity contribution in [3.05, 3.63) is 34.6 Å². The van der Waals surface area contributed by atoms with Crippen LogP contribution in [0.3, 0.4) is 0 Å². The third-order valence-electron chi connectivity index (χ3n) is 2.15. The van der Waals surface area contributed by atoms with Crippen LogP contribution in [0.15, 0.2) is 33.2 Å². The molecule has 1 aromatic carbocycles. The maximum absolute atomic E-state index is 5.53. The summed E-state index contributed by atoms with van der Waals surface area (Å²) in [5, 5.41) is 11.0. The largest absolute Gasteiger partial charge is 0.421 e. The zero-order chi connectivity index (χ0) is 11.4. The van der Waals surface area contributed by atoms with E-state index in [-0.39, 0.29) is 0 Å². The van der Waals surface area contributed by atoms with Crippen molar-refractivity contribution in [2.24, 2.45) is 0 Å². The lowest BCUT2D eigenvalue weighted by Crippen LogP contribution is -2.10. The molecule has 1 aromatic heterocycles. The number of nitrogens with one attached hydrogen (secondary N) is 1. The Bertz CT molecular complexity index is 453. The van der Waals surface area contributed by atoms with E-state index in [0.717, 1.165) is 23.0 Å². The molecule has 0 aliphatic rings. The van der Waals surface area contributed by atoms with Crippen molar-refractivity contribution < 1.29 is 4.42 Å². The molecule has 5 heteroatoms. The molecule has 0 unspecified atom stereocenters. The fourth-order valence-electron chi connectivity index (χ4n) is 1.30. The van der Waals surface area contributed by atoms with Gasteiger partial charge in [0.25, 0.3) is 0 Å². The first-order valence-electron chi connectivity index (χ1n) is 5.02. The van der Waals surface area contributed by atoms with Gasteiger partial charge >= 0.3 is 0 Å². The first kappa shape index (κ1) is 11.3. The van der Waals surface area contributed by atoms with Crippen LogP contribution in [0.5, 0.6) is 0 Å². The van der Waals surface area contributed by atoms with Crippen LogP contribution in [0.2, 0.25) is 0 Å². The standard InChI is InChI=1S/C11H12BrN3O/c1-13-7-6-10-14-15-11(16-10)8-2-4-9(12)5-3-8/h2-5,13H,6-7H2,1H3. The molecule has 1 heterocycles. The number of nitrogens with zero attached hydrogens (tertiary/aromatic N) is 2. The summed E-state index contributed by atoms with van der Waals surface area (Å²) >= 11 is 3.38. The lowest BCUT2D eigenvalue weighted by Gasteiger charge is -1.95. The van der Waals surface area contributed by atoms with Gasteiger partial charge in [0.15, 0.2) is 0 Å². The molecular weight excluding hydrogens is 270 g/mol. The van der Waals surface area contributed by atoms with Crippen LogP contribution in [0, 0.1) is 0 Å². The summed E-state index contributed by atoms with van der Waals surface area (Å²) in [7, 11) is 1.89. The Kier molecular flexibility index (Phi) is 3.69. The van der Waals surface area contributed by atoms with E-state index in [4.69, 9.17) is 4.42 Å². The van der Waals surface area contributed by atoms with Crippen molar-refractivity contribution >= 4 is 15.9 Å². The van der Waals surface area contributed by atoms with Crippen LogP contribution >= 0.6 is 15.9 Å². The SMILES string of the molecule is CNCCc1nnc(-c2ccc(Br)cc2)o1. The minimum atomic E-state index is 0.568. The summed E-state index contributed by atoms with van der Waals surface area (Å²) in [5.41, 5.74) is 0.936. The maximum atomic E-state index is 5.53. The smallest absolute Gasteiger partial charge is 0.247 e. The predicted molar refractivity (Wildman–Crippen MR) is 65.1 cm³/mol. The van der Waals surface area contributed by atoms with E-state index in [9.17, 15) is 0 Å². The van der Waals surface area contributed by atoms with Gasteiger partial charge in [0.05, 0.1) is 0 Å². The molecule has 0 saturated carbocycles. The molecule has 2 rings (SSSR count). The van der Waals surface area contributed by atoms with E-state index in [0.29, 0.717) is 11.8 Å². The van der Waals surface area contributed by atoms with Crippen LogP contribution in [0.4, 0.5) is 0 Å². The fourth-order valence-corrected chi connectivity index (χ4v) is 1.56. The van der Waals surface area contributed by atoms with Gasteiger partial charge in [-0.1, -0.05) is 15.9 Å². The minimum absolute atomic E-state index is 0.568. The molecule has 0 aliphatic carbocycles. The third kappa shape index (κ3) is 2.68. The van der Waals surface area contributed by atoms with Gasteiger partial charge < -0.3 is 9.73 Å². The predicted octanol–water partition coefficient (Wildman–Crippen LogP) is 2.26. The van der Waals surface area contributed by atoms with Crippen molar-refractivity contribution in [3.63, 3.8) is 0 Å². The zero-order valence-electron chi connectivity index (χ0n) is 8.90. The number of benzene rings is 1. The molecule has 0 radical (unpaired) electrons. The van der Waals surface area contributed by atoms with Gasteiger partial charge in [0, 0.05) is 23.0 Å². The van der Waals surface area contributed by atoms with Gasteiger partial charge in [0.1, 0.15) is 0 Å². The van der Waals surface area contributed by atoms with E-state index >= 15 is 0 Å². The molecule has 0 amide bonds. The molecule has 84 valence electrons. The van der Waals surface area contributed by atoms with Crippen LogP contribution in [0.1, 0.15) is 5.89 Å². The van der Waals surface area contributed by atoms with E-state index in [2.05, 4.69) is 31.4 Å². The van der Waals surface area contributed by atoms with Crippen LogP contribution in [0.25, 0.3) is 11.5 Å². The third-order valence-corrected chi connectivity index (χ3v) is 2.68. The number of halogens is 1. The normalized spacial score (nSPS) is 10.6. The molecule has 0 bridgehead atoms. The molecule has 0 atom stereocenters. The molecule has 1 N–H and O–H groups in total. The van der Waals surface area contributed by atoms with Crippen molar-refractivity contribution in [1.82, 2.24) is 15.5 Å². The first-order chi connectivity index (χ1) is 7.79. The van der Waals surface area contributed by atoms with Crippen LogP contribution < -0.4 is 5.32 Å². The summed E-state index contributed by atoms with van der Waals surface area (Å²) in [6, 6.07) is 7.79. The van der Waals surface area contributed by atoms with Gasteiger partial charge in [-0.25, -0.2) is 0 Å². The fraction of sp³-hybridized carbons (Fsp3) is 0.273. The van der Waals surface area contributed by atoms with Gasteiger partial charge in [-0.15, -0.1) is 10.2 Å². The Labute approximate surface area is 102 Å². The highest BCUT2D eigenvalue weighted by atomic mass is 79.9. The molecule has 0 fully saturated rings. The molecule has 16 heavy (non-hydrogen) atoms. The van der Waals surface area contributed by atoms with Crippen LogP contribution in [-0.2, 0) is 6.42 Å². The lowest BCUT2D eigenvalue weighted by molar-refractivity contribution is 0.500. The van der Waals surface area contributed by atoms with Gasteiger partial charge in [-0.3, -0.25) is 0 Å². The second kappa shape index (κ2) is 5.23. The summed E-state index contributed by atoms with van der Waals surface area (Å²) in [4.78, 5) is 0. The highest BCUT2D eigenvalue weighted by Crippen LogP contribution is 2.20. The Morgan fingerprint density at radius 2 is 2.00 bits per heavy atom. The van der Waals surface area contributed by atoms with Crippen molar-refractivity contribution in [3.8, 4) is 11.5 Å². The van der Waals surface area contributed by atoms with E-state index in [1.54, 1.807) is 0 Å². The number of rotatable bonds is 4. The van der Waals surface area contributed by atoms with Gasteiger partial charge in [-0.05, 0) is 31.3 Å². The molecule has 4 nitrogen and oxygen atoms in total. The lowest BCUT2D eigenvalue weighted by atomic mass is 10.2. The van der Waals surface area contributed by atoms with E-state index < -0.39 is 0 Å². The number of hydrogen-bond acceptors (Lipinski definition) is 4. The Morgan fingerprint density at radius 1 is 1.25 bits per heavy atom. The number of likely N-dealkylation sites (N-methyl/N-ethyl adjacent to an activating group) is 1. The quantitative estimate of drug-likeness (QED) is 0.934. The average molecular weight is 282 g/mol. The highest BCUT2D eigenvalue weighted by molar-refractivity contribution is 9.10. The van der Waals surface area contributed by atoms with Crippen molar-refractivity contribution in [2.45, 2.75) is 6.42 Å². The Balaban J connectivity index is 2.15. The minimum Gasteiger partial charge on any atom is -0.421 e. The first-order valence-corrected chi connectivity index (χ1v) is 5.82. The summed E-state index contributed by atoms with van der Waals surface area (Å²) in [5.74, 6) is 1.23. The number of hydrogen-bond donors (Lipinski definition) is 1. The van der Waals surface area contributed by atoms with E-state index in [1.165, 1.54) is 0 Å². The van der Waals surface area contributed by atoms with E-state index in [1.807, 2.05) is 31.3 Å². The number of aromatic nitrogens is 2. The van der Waals surface area contributed by atoms with Gasteiger partial charge in [-0.2, -0.15) is 0 Å². The second-order valence-corrected chi connectivity index (χ2v) is 4.28. The average Bonchev–Trinajstić information content (AvgIpc) is 2.76. The van der Waals surface area contributed by atoms with Crippen LogP contribution in [-0.4, -0.2) is 23.8 Å². The molecule has 0 saturated heterocycles. The summed E-state index contributed by atoms with van der Waals surface area (Å²) < 4.78 is 6.57. The molecule has 2 aromatic rings. The van der Waals surface area contributed by atoms with Crippen molar-refractivity contribution in [2.75, 3.05) is 13.6 Å². The Morgan fingerprint density at radius 3 is 2.69 bits per heavy atom. The highest BCUT2D eigenvalue weighted by Gasteiger charge is 2.07. The van der Waals surface area contributed by atoms with Gasteiger partial charge in [0.2, 0.25) is 11.8 Å². The maximum Gasteiger partial charge on any atom is 0.247 e. The molecule has 0 spiro atoms. The summed E-state index contributed by atoms with van der Waals surface area (Å²) in [6.07, 6.45) is 0.750. The molecule has 0 aliphatic heterocycles. The Hall–Kier alpha value is -1.20. The zero-order valence-corrected chi connectivity index (χ0v) is 10.5. The topological polar surface area (TPSA) is 51.0 Å². The second-order valence-electron chi connectivity index (χ2n) is 3.36. The van der Waals surface area contributed by atoms with Crippen molar-refractivity contribution in [1.29, 1.82) is 0 Å². The monoisotopic (exact) mass is 281 g/mol.